The van der Waals surface area contributed by atoms with Crippen LogP contribution in [0.1, 0.15) is 23.7 Å². The molecule has 0 aliphatic rings. The number of aldehydes is 1. The molecule has 0 unspecified atom stereocenters. The van der Waals surface area contributed by atoms with E-state index in [0.29, 0.717) is 17.1 Å². The molecule has 1 rings (SSSR count). The van der Waals surface area contributed by atoms with Crippen molar-refractivity contribution in [1.82, 2.24) is 0 Å². The van der Waals surface area contributed by atoms with Gasteiger partial charge in [-0.25, -0.2) is 0 Å². The van der Waals surface area contributed by atoms with Crippen molar-refractivity contribution in [3.8, 4) is 12.3 Å². The maximum Gasteiger partial charge on any atom is 0.152 e. The van der Waals surface area contributed by atoms with Gasteiger partial charge in [-0.15, -0.1) is 6.42 Å². The van der Waals surface area contributed by atoms with Gasteiger partial charge in [0.15, 0.2) is 6.29 Å². The molecule has 0 saturated carbocycles. The molecule has 2 nitrogen and oxygen atoms in total. The summed E-state index contributed by atoms with van der Waals surface area (Å²) in [6.45, 7) is 3.39. The molecular formula is C13H14ClNO. The summed E-state index contributed by atoms with van der Waals surface area (Å²) < 4.78 is 0. The summed E-state index contributed by atoms with van der Waals surface area (Å²) in [5, 5.41) is 0.558. The van der Waals surface area contributed by atoms with Crippen LogP contribution in [0.25, 0.3) is 0 Å². The Morgan fingerprint density at radius 3 is 2.88 bits per heavy atom. The van der Waals surface area contributed by atoms with Crippen LogP contribution < -0.4 is 4.90 Å². The van der Waals surface area contributed by atoms with Crippen LogP contribution in [-0.2, 0) is 0 Å². The molecule has 0 spiro atoms. The SMILES string of the molecule is C#CCN(CCC)c1ccc(Cl)cc1C=O. The van der Waals surface area contributed by atoms with E-state index in [-0.39, 0.29) is 0 Å². The van der Waals surface area contributed by atoms with E-state index in [0.717, 1.165) is 24.9 Å². The van der Waals surface area contributed by atoms with Gasteiger partial charge in [0.05, 0.1) is 6.54 Å². The normalized spacial score (nSPS) is 9.56. The second kappa shape index (κ2) is 6.19. The van der Waals surface area contributed by atoms with Crippen molar-refractivity contribution in [3.05, 3.63) is 28.8 Å². The largest absolute Gasteiger partial charge is 0.360 e. The number of terminal acetylenes is 1. The Morgan fingerprint density at radius 1 is 1.56 bits per heavy atom. The van der Waals surface area contributed by atoms with Gasteiger partial charge in [-0.2, -0.15) is 0 Å². The molecule has 84 valence electrons. The molecule has 0 fully saturated rings. The van der Waals surface area contributed by atoms with E-state index in [9.17, 15) is 4.79 Å². The van der Waals surface area contributed by atoms with Gasteiger partial charge in [-0.05, 0) is 24.6 Å². The van der Waals surface area contributed by atoms with E-state index in [1.54, 1.807) is 12.1 Å². The summed E-state index contributed by atoms with van der Waals surface area (Å²) in [7, 11) is 0. The van der Waals surface area contributed by atoms with Gasteiger partial charge in [0, 0.05) is 22.8 Å². The molecule has 0 N–H and O–H groups in total. The van der Waals surface area contributed by atoms with E-state index >= 15 is 0 Å². The number of nitrogens with zero attached hydrogens (tertiary/aromatic N) is 1. The van der Waals surface area contributed by atoms with Gasteiger partial charge in [0.2, 0.25) is 0 Å². The minimum absolute atomic E-state index is 0.496. The smallest absolute Gasteiger partial charge is 0.152 e. The fourth-order valence-electron chi connectivity index (χ4n) is 1.57. The highest BCUT2D eigenvalue weighted by Gasteiger charge is 2.09. The van der Waals surface area contributed by atoms with Crippen molar-refractivity contribution in [2.24, 2.45) is 0 Å². The fraction of sp³-hybridized carbons (Fsp3) is 0.308. The molecule has 0 aliphatic heterocycles. The minimum Gasteiger partial charge on any atom is -0.360 e. The highest BCUT2D eigenvalue weighted by Crippen LogP contribution is 2.23. The molecule has 1 aromatic carbocycles. The van der Waals surface area contributed by atoms with E-state index in [4.69, 9.17) is 18.0 Å². The summed E-state index contributed by atoms with van der Waals surface area (Å²) in [4.78, 5) is 13.0. The van der Waals surface area contributed by atoms with Crippen LogP contribution >= 0.6 is 11.6 Å². The van der Waals surface area contributed by atoms with Crippen molar-refractivity contribution in [2.75, 3.05) is 18.0 Å². The van der Waals surface area contributed by atoms with E-state index < -0.39 is 0 Å². The molecule has 16 heavy (non-hydrogen) atoms. The molecule has 1 aromatic rings. The summed E-state index contributed by atoms with van der Waals surface area (Å²) in [6.07, 6.45) is 7.09. The Morgan fingerprint density at radius 2 is 2.31 bits per heavy atom. The zero-order valence-corrected chi connectivity index (χ0v) is 10.00. The topological polar surface area (TPSA) is 20.3 Å². The molecule has 0 amide bonds. The van der Waals surface area contributed by atoms with Crippen molar-refractivity contribution >= 4 is 23.6 Å². The zero-order valence-electron chi connectivity index (χ0n) is 9.24. The molecule has 0 saturated heterocycles. The number of hydrogen-bond donors (Lipinski definition) is 0. The number of anilines is 1. The van der Waals surface area contributed by atoms with Crippen LogP contribution in [0.4, 0.5) is 5.69 Å². The van der Waals surface area contributed by atoms with Crippen molar-refractivity contribution in [1.29, 1.82) is 0 Å². The predicted molar refractivity (Wildman–Crippen MR) is 68.2 cm³/mol. The van der Waals surface area contributed by atoms with E-state index in [1.807, 2.05) is 11.0 Å². The van der Waals surface area contributed by atoms with Crippen LogP contribution in [0.3, 0.4) is 0 Å². The number of carbonyl (C=O) groups excluding carboxylic acids is 1. The Labute approximate surface area is 101 Å². The third-order valence-corrected chi connectivity index (χ3v) is 2.47. The summed E-state index contributed by atoms with van der Waals surface area (Å²) in [5.41, 5.74) is 1.43. The lowest BCUT2D eigenvalue weighted by Gasteiger charge is -2.23. The van der Waals surface area contributed by atoms with Gasteiger partial charge in [-0.3, -0.25) is 4.79 Å². The first kappa shape index (κ1) is 12.6. The third-order valence-electron chi connectivity index (χ3n) is 2.23. The highest BCUT2D eigenvalue weighted by atomic mass is 35.5. The Bertz CT molecular complexity index is 409. The van der Waals surface area contributed by atoms with Gasteiger partial charge in [0.1, 0.15) is 0 Å². The molecule has 0 radical (unpaired) electrons. The van der Waals surface area contributed by atoms with Crippen LogP contribution in [0.5, 0.6) is 0 Å². The third kappa shape index (κ3) is 3.01. The van der Waals surface area contributed by atoms with Crippen molar-refractivity contribution < 1.29 is 4.79 Å². The molecule has 0 aliphatic carbocycles. The summed E-state index contributed by atoms with van der Waals surface area (Å²) in [6, 6.07) is 5.26. The summed E-state index contributed by atoms with van der Waals surface area (Å²) >= 11 is 5.84. The van der Waals surface area contributed by atoms with E-state index in [2.05, 4.69) is 12.8 Å². The van der Waals surface area contributed by atoms with Gasteiger partial charge < -0.3 is 4.90 Å². The maximum atomic E-state index is 11.0. The van der Waals surface area contributed by atoms with Gasteiger partial charge in [0.25, 0.3) is 0 Å². The van der Waals surface area contributed by atoms with Gasteiger partial charge >= 0.3 is 0 Å². The van der Waals surface area contributed by atoms with Crippen molar-refractivity contribution in [2.45, 2.75) is 13.3 Å². The number of hydrogen-bond acceptors (Lipinski definition) is 2. The Hall–Kier alpha value is -1.46. The Balaban J connectivity index is 3.08. The van der Waals surface area contributed by atoms with Crippen LogP contribution in [0.15, 0.2) is 18.2 Å². The lowest BCUT2D eigenvalue weighted by Crippen LogP contribution is -2.25. The lowest BCUT2D eigenvalue weighted by molar-refractivity contribution is 0.112. The molecule has 0 atom stereocenters. The molecule has 0 bridgehead atoms. The monoisotopic (exact) mass is 235 g/mol. The molecule has 0 aromatic heterocycles. The quantitative estimate of drug-likeness (QED) is 0.578. The standard InChI is InChI=1S/C13H14ClNO/c1-3-7-15(8-4-2)13-6-5-12(14)9-11(13)10-16/h1,5-6,9-10H,4,7-8H2,2H3. The second-order valence-corrected chi connectivity index (χ2v) is 3.88. The summed E-state index contributed by atoms with van der Waals surface area (Å²) in [5.74, 6) is 2.59. The van der Waals surface area contributed by atoms with Crippen LogP contribution in [0, 0.1) is 12.3 Å². The number of carbonyl (C=O) groups is 1. The fourth-order valence-corrected chi connectivity index (χ4v) is 1.75. The van der Waals surface area contributed by atoms with Crippen LogP contribution in [-0.4, -0.2) is 19.4 Å². The average Bonchev–Trinajstić information content (AvgIpc) is 2.28. The Kier molecular flexibility index (Phi) is 4.88. The van der Waals surface area contributed by atoms with E-state index in [1.165, 1.54) is 0 Å². The molecule has 0 heterocycles. The number of benzene rings is 1. The second-order valence-electron chi connectivity index (χ2n) is 3.45. The number of halogens is 1. The zero-order chi connectivity index (χ0) is 12.0. The first-order valence-corrected chi connectivity index (χ1v) is 5.53. The predicted octanol–water partition coefficient (Wildman–Crippen LogP) is 3.00. The number of rotatable bonds is 5. The molecular weight excluding hydrogens is 222 g/mol. The lowest BCUT2D eigenvalue weighted by atomic mass is 10.1. The first-order chi connectivity index (χ1) is 7.72. The average molecular weight is 236 g/mol. The highest BCUT2D eigenvalue weighted by molar-refractivity contribution is 6.31. The maximum absolute atomic E-state index is 11.0. The molecule has 3 heteroatoms. The van der Waals surface area contributed by atoms with Crippen LogP contribution in [0.2, 0.25) is 5.02 Å². The van der Waals surface area contributed by atoms with Gasteiger partial charge in [-0.1, -0.05) is 24.4 Å². The van der Waals surface area contributed by atoms with Crippen molar-refractivity contribution in [3.63, 3.8) is 0 Å². The minimum atomic E-state index is 0.496. The first-order valence-electron chi connectivity index (χ1n) is 5.16.